The van der Waals surface area contributed by atoms with E-state index < -0.39 is 0 Å². The fraction of sp³-hybridized carbons (Fsp3) is 0.294. The monoisotopic (exact) mass is 284 g/mol. The summed E-state index contributed by atoms with van der Waals surface area (Å²) in [6.45, 7) is 4.34. The van der Waals surface area contributed by atoms with Gasteiger partial charge >= 0.3 is 0 Å². The van der Waals surface area contributed by atoms with Gasteiger partial charge < -0.3 is 0 Å². The second-order valence-electron chi connectivity index (χ2n) is 5.39. The lowest BCUT2D eigenvalue weighted by molar-refractivity contribution is 0.483. The third-order valence-corrected chi connectivity index (χ3v) is 5.51. The molecule has 104 valence electrons. The molecule has 0 aromatic heterocycles. The maximum Gasteiger partial charge on any atom is 0.0539 e. The molecule has 1 heterocycles. The molecule has 3 heteroatoms. The molecule has 3 rings (SSSR count). The lowest BCUT2D eigenvalue weighted by Crippen LogP contribution is -2.33. The fourth-order valence-corrected chi connectivity index (χ4v) is 4.29. The number of hydrazine groups is 1. The van der Waals surface area contributed by atoms with Crippen LogP contribution in [-0.2, 0) is 0 Å². The van der Waals surface area contributed by atoms with Gasteiger partial charge in [-0.3, -0.25) is 11.3 Å². The molecule has 0 amide bonds. The minimum atomic E-state index is 0.172. The van der Waals surface area contributed by atoms with Gasteiger partial charge in [-0.2, -0.15) is 0 Å². The molecule has 20 heavy (non-hydrogen) atoms. The Bertz CT molecular complexity index is 624. The Balaban J connectivity index is 2.02. The molecule has 2 aromatic rings. The summed E-state index contributed by atoms with van der Waals surface area (Å²) < 4.78 is 0. The van der Waals surface area contributed by atoms with Crippen molar-refractivity contribution in [3.05, 3.63) is 64.7 Å². The largest absolute Gasteiger partial charge is 0.271 e. The van der Waals surface area contributed by atoms with E-state index in [2.05, 4.69) is 61.7 Å². The number of benzene rings is 2. The molecule has 2 atom stereocenters. The summed E-state index contributed by atoms with van der Waals surface area (Å²) in [5.41, 5.74) is 8.45. The first-order valence-corrected chi connectivity index (χ1v) is 7.95. The van der Waals surface area contributed by atoms with Crippen molar-refractivity contribution in [2.75, 3.05) is 5.75 Å². The maximum absolute atomic E-state index is 5.90. The fourth-order valence-electron chi connectivity index (χ4n) is 3.00. The molecule has 0 fully saturated rings. The molecule has 1 aliphatic rings. The quantitative estimate of drug-likeness (QED) is 0.667. The van der Waals surface area contributed by atoms with E-state index in [4.69, 9.17) is 5.84 Å². The van der Waals surface area contributed by atoms with Gasteiger partial charge in [-0.25, -0.2) is 0 Å². The van der Waals surface area contributed by atoms with Crippen molar-refractivity contribution in [3.8, 4) is 0 Å². The standard InChI is InChI=1S/C17H20N2S/c1-11-6-5-8-13(12(11)2)17(19-18)15-10-20-16-9-4-3-7-14(15)16/h3-9,15,17,19H,10,18H2,1-2H3. The van der Waals surface area contributed by atoms with Gasteiger partial charge in [0.1, 0.15) is 0 Å². The predicted octanol–water partition coefficient (Wildman–Crippen LogP) is 3.70. The van der Waals surface area contributed by atoms with Crippen LogP contribution in [0.3, 0.4) is 0 Å². The lowest BCUT2D eigenvalue weighted by atomic mass is 9.86. The van der Waals surface area contributed by atoms with E-state index in [0.717, 1.165) is 5.75 Å². The Morgan fingerprint density at radius 1 is 1.15 bits per heavy atom. The number of nitrogens with one attached hydrogen (secondary N) is 1. The molecular weight excluding hydrogens is 264 g/mol. The van der Waals surface area contributed by atoms with Crippen molar-refractivity contribution in [2.24, 2.45) is 5.84 Å². The zero-order valence-corrected chi connectivity index (χ0v) is 12.7. The summed E-state index contributed by atoms with van der Waals surface area (Å²) in [6, 6.07) is 15.3. The van der Waals surface area contributed by atoms with Gasteiger partial charge in [0.25, 0.3) is 0 Å². The Morgan fingerprint density at radius 2 is 1.95 bits per heavy atom. The molecule has 0 saturated heterocycles. The minimum Gasteiger partial charge on any atom is -0.271 e. The van der Waals surface area contributed by atoms with Gasteiger partial charge in [0.05, 0.1) is 6.04 Å². The van der Waals surface area contributed by atoms with Gasteiger partial charge in [0.15, 0.2) is 0 Å². The maximum atomic E-state index is 5.90. The molecule has 2 unspecified atom stereocenters. The third kappa shape index (κ3) is 2.26. The van der Waals surface area contributed by atoms with Crippen LogP contribution < -0.4 is 11.3 Å². The summed E-state index contributed by atoms with van der Waals surface area (Å²) in [5.74, 6) is 7.42. The Labute approximate surface area is 124 Å². The van der Waals surface area contributed by atoms with Crippen molar-refractivity contribution in [2.45, 2.75) is 30.7 Å². The second-order valence-corrected chi connectivity index (χ2v) is 6.45. The van der Waals surface area contributed by atoms with E-state index in [-0.39, 0.29) is 6.04 Å². The average molecular weight is 284 g/mol. The van der Waals surface area contributed by atoms with Crippen LogP contribution in [0.5, 0.6) is 0 Å². The van der Waals surface area contributed by atoms with E-state index in [1.807, 2.05) is 11.8 Å². The molecule has 0 spiro atoms. The molecule has 2 aromatic carbocycles. The average Bonchev–Trinajstić information content (AvgIpc) is 2.88. The van der Waals surface area contributed by atoms with Gasteiger partial charge in [0, 0.05) is 16.6 Å². The summed E-state index contributed by atoms with van der Waals surface area (Å²) in [5, 5.41) is 0. The zero-order chi connectivity index (χ0) is 14.1. The lowest BCUT2D eigenvalue weighted by Gasteiger charge is -2.26. The highest BCUT2D eigenvalue weighted by atomic mass is 32.2. The highest BCUT2D eigenvalue weighted by Crippen LogP contribution is 2.45. The molecule has 0 radical (unpaired) electrons. The zero-order valence-electron chi connectivity index (χ0n) is 11.9. The third-order valence-electron chi connectivity index (χ3n) is 4.30. The first-order valence-electron chi connectivity index (χ1n) is 6.96. The number of fused-ring (bicyclic) bond motifs is 1. The van der Waals surface area contributed by atoms with E-state index in [0.29, 0.717) is 5.92 Å². The number of nitrogens with two attached hydrogens (primary N) is 1. The number of thioether (sulfide) groups is 1. The SMILES string of the molecule is Cc1cccc(C(NN)C2CSc3ccccc32)c1C. The van der Waals surface area contributed by atoms with E-state index in [9.17, 15) is 0 Å². The van der Waals surface area contributed by atoms with Crippen molar-refractivity contribution in [1.29, 1.82) is 0 Å². The van der Waals surface area contributed by atoms with E-state index >= 15 is 0 Å². The van der Waals surface area contributed by atoms with E-state index in [1.54, 1.807) is 0 Å². The molecule has 0 bridgehead atoms. The van der Waals surface area contributed by atoms with Gasteiger partial charge in [-0.15, -0.1) is 11.8 Å². The summed E-state index contributed by atoms with van der Waals surface area (Å²) >= 11 is 1.93. The van der Waals surface area contributed by atoms with Gasteiger partial charge in [0.2, 0.25) is 0 Å². The first kappa shape index (κ1) is 13.7. The number of hydrogen-bond donors (Lipinski definition) is 2. The molecule has 0 saturated carbocycles. The summed E-state index contributed by atoms with van der Waals surface area (Å²) in [7, 11) is 0. The molecule has 3 N–H and O–H groups in total. The predicted molar refractivity (Wildman–Crippen MR) is 85.9 cm³/mol. The Kier molecular flexibility index (Phi) is 3.83. The summed E-state index contributed by atoms with van der Waals surface area (Å²) in [6.07, 6.45) is 0. The normalized spacial score (nSPS) is 18.9. The summed E-state index contributed by atoms with van der Waals surface area (Å²) in [4.78, 5) is 1.39. The van der Waals surface area contributed by atoms with Crippen LogP contribution in [0, 0.1) is 13.8 Å². The topological polar surface area (TPSA) is 38.0 Å². The van der Waals surface area contributed by atoms with E-state index in [1.165, 1.54) is 27.1 Å². The van der Waals surface area contributed by atoms with Crippen LogP contribution in [0.15, 0.2) is 47.4 Å². The van der Waals surface area contributed by atoms with Gasteiger partial charge in [-0.1, -0.05) is 36.4 Å². The van der Waals surface area contributed by atoms with Crippen LogP contribution in [-0.4, -0.2) is 5.75 Å². The molecular formula is C17H20N2S. The Morgan fingerprint density at radius 3 is 2.75 bits per heavy atom. The van der Waals surface area contributed by atoms with Crippen LogP contribution in [0.4, 0.5) is 0 Å². The number of aryl methyl sites for hydroxylation is 1. The Hall–Kier alpha value is -1.29. The number of hydrogen-bond acceptors (Lipinski definition) is 3. The van der Waals surface area contributed by atoms with Crippen molar-refractivity contribution >= 4 is 11.8 Å². The van der Waals surface area contributed by atoms with Crippen molar-refractivity contribution in [3.63, 3.8) is 0 Å². The van der Waals surface area contributed by atoms with Gasteiger partial charge in [-0.05, 0) is 42.2 Å². The number of rotatable bonds is 3. The minimum absolute atomic E-state index is 0.172. The van der Waals surface area contributed by atoms with Crippen molar-refractivity contribution in [1.82, 2.24) is 5.43 Å². The smallest absolute Gasteiger partial charge is 0.0539 e. The highest BCUT2D eigenvalue weighted by Gasteiger charge is 2.31. The second kappa shape index (κ2) is 5.60. The molecule has 2 nitrogen and oxygen atoms in total. The molecule has 0 aliphatic carbocycles. The van der Waals surface area contributed by atoms with Crippen LogP contribution in [0.25, 0.3) is 0 Å². The van der Waals surface area contributed by atoms with Crippen LogP contribution >= 0.6 is 11.8 Å². The molecule has 1 aliphatic heterocycles. The van der Waals surface area contributed by atoms with Crippen LogP contribution in [0.2, 0.25) is 0 Å². The van der Waals surface area contributed by atoms with Crippen LogP contribution in [0.1, 0.15) is 34.2 Å². The first-order chi connectivity index (χ1) is 9.72. The highest BCUT2D eigenvalue weighted by molar-refractivity contribution is 7.99. The van der Waals surface area contributed by atoms with Crippen molar-refractivity contribution < 1.29 is 0 Å².